The van der Waals surface area contributed by atoms with Gasteiger partial charge in [0.05, 0.1) is 24.4 Å². The van der Waals surface area contributed by atoms with Gasteiger partial charge in [0, 0.05) is 0 Å². The molecule has 0 bridgehead atoms. The zero-order chi connectivity index (χ0) is 19.9. The van der Waals surface area contributed by atoms with Crippen molar-refractivity contribution in [1.82, 2.24) is 0 Å². The van der Waals surface area contributed by atoms with Crippen molar-refractivity contribution in [2.24, 2.45) is 11.8 Å². The van der Waals surface area contributed by atoms with Gasteiger partial charge in [0.1, 0.15) is 0 Å². The summed E-state index contributed by atoms with van der Waals surface area (Å²) in [4.78, 5) is 25.2. The molecule has 0 rings (SSSR count). The first-order valence-electron chi connectivity index (χ1n) is 10.4. The monoisotopic (exact) mass is 368 g/mol. The number of carbonyl (C=O) groups is 2. The molecule has 4 nitrogen and oxygen atoms in total. The van der Waals surface area contributed by atoms with Crippen LogP contribution in [-0.2, 0) is 19.1 Å². The maximum atomic E-state index is 12.6. The zero-order valence-electron chi connectivity index (χ0n) is 17.9. The van der Waals surface area contributed by atoms with Crippen LogP contribution in [-0.4, -0.2) is 25.2 Å². The fourth-order valence-electron chi connectivity index (χ4n) is 2.86. The second-order valence-corrected chi connectivity index (χ2v) is 7.53. The first-order chi connectivity index (χ1) is 12.4. The molecule has 0 N–H and O–H groups in total. The summed E-state index contributed by atoms with van der Waals surface area (Å²) in [5.74, 6) is -0.905. The molecule has 0 saturated heterocycles. The van der Waals surface area contributed by atoms with Crippen LogP contribution in [0, 0.1) is 11.8 Å². The van der Waals surface area contributed by atoms with Crippen molar-refractivity contribution in [3.05, 3.63) is 11.1 Å². The second-order valence-electron chi connectivity index (χ2n) is 7.53. The summed E-state index contributed by atoms with van der Waals surface area (Å²) in [5, 5.41) is 0. The lowest BCUT2D eigenvalue weighted by molar-refractivity contribution is -0.143. The molecule has 0 aromatic rings. The van der Waals surface area contributed by atoms with Gasteiger partial charge in [-0.1, -0.05) is 80.1 Å². The zero-order valence-corrected chi connectivity index (χ0v) is 17.9. The first-order valence-corrected chi connectivity index (χ1v) is 10.4. The molecule has 0 heterocycles. The molecule has 0 spiro atoms. The normalized spacial score (nSPS) is 12.3. The van der Waals surface area contributed by atoms with Crippen LogP contribution in [0.4, 0.5) is 0 Å². The van der Waals surface area contributed by atoms with E-state index >= 15 is 0 Å². The lowest BCUT2D eigenvalue weighted by Gasteiger charge is -2.19. The minimum absolute atomic E-state index is 0.0804. The van der Waals surface area contributed by atoms with Gasteiger partial charge in [0.25, 0.3) is 0 Å². The fourth-order valence-corrected chi connectivity index (χ4v) is 2.86. The number of hydrogen-bond donors (Lipinski definition) is 0. The Balaban J connectivity index is 4.98. The second kappa shape index (κ2) is 14.8. The Labute approximate surface area is 160 Å². The predicted octanol–water partition coefficient (Wildman–Crippen LogP) is 5.84. The van der Waals surface area contributed by atoms with E-state index in [4.69, 9.17) is 9.47 Å². The van der Waals surface area contributed by atoms with Gasteiger partial charge in [-0.15, -0.1) is 0 Å². The van der Waals surface area contributed by atoms with E-state index in [0.717, 1.165) is 51.4 Å². The summed E-state index contributed by atoms with van der Waals surface area (Å²) in [7, 11) is 0. The molecule has 0 atom stereocenters. The largest absolute Gasteiger partial charge is 0.462 e. The highest BCUT2D eigenvalue weighted by molar-refractivity contribution is 6.01. The van der Waals surface area contributed by atoms with Crippen LogP contribution in [0.2, 0.25) is 0 Å². The average molecular weight is 369 g/mol. The minimum Gasteiger partial charge on any atom is -0.462 e. The van der Waals surface area contributed by atoms with Gasteiger partial charge in [-0.2, -0.15) is 0 Å². The van der Waals surface area contributed by atoms with Crippen LogP contribution >= 0.6 is 0 Å². The number of esters is 2. The molecule has 0 saturated carbocycles. The van der Waals surface area contributed by atoms with Crippen LogP contribution in [0.5, 0.6) is 0 Å². The van der Waals surface area contributed by atoms with Crippen LogP contribution in [0.3, 0.4) is 0 Å². The SMILES string of the molecule is CCCCCCOC(=O)/C(=C(\C(=O)OCCCCCC)C(C)C)C(C)C. The quantitative estimate of drug-likeness (QED) is 0.219. The summed E-state index contributed by atoms with van der Waals surface area (Å²) in [6, 6.07) is 0. The third-order valence-corrected chi connectivity index (χ3v) is 4.35. The van der Waals surface area contributed by atoms with E-state index in [1.165, 1.54) is 0 Å². The average Bonchev–Trinajstić information content (AvgIpc) is 2.58. The molecule has 0 aliphatic carbocycles. The van der Waals surface area contributed by atoms with E-state index in [1.54, 1.807) is 0 Å². The number of carbonyl (C=O) groups excluding carboxylic acids is 2. The molecule has 0 amide bonds. The van der Waals surface area contributed by atoms with E-state index in [9.17, 15) is 9.59 Å². The van der Waals surface area contributed by atoms with Gasteiger partial charge < -0.3 is 9.47 Å². The lowest BCUT2D eigenvalue weighted by Crippen LogP contribution is -2.23. The summed E-state index contributed by atoms with van der Waals surface area (Å²) in [6.45, 7) is 12.8. The van der Waals surface area contributed by atoms with E-state index in [0.29, 0.717) is 24.4 Å². The fraction of sp³-hybridized carbons (Fsp3) is 0.818. The smallest absolute Gasteiger partial charge is 0.334 e. The highest BCUT2D eigenvalue weighted by Gasteiger charge is 2.27. The molecule has 4 heteroatoms. The van der Waals surface area contributed by atoms with Crippen molar-refractivity contribution in [2.75, 3.05) is 13.2 Å². The Hall–Kier alpha value is -1.32. The maximum absolute atomic E-state index is 12.6. The minimum atomic E-state index is -0.372. The van der Waals surface area contributed by atoms with E-state index in [2.05, 4.69) is 13.8 Å². The first kappa shape index (κ1) is 24.7. The summed E-state index contributed by atoms with van der Waals surface area (Å²) in [5.41, 5.74) is 0.933. The summed E-state index contributed by atoms with van der Waals surface area (Å²) < 4.78 is 10.9. The van der Waals surface area contributed by atoms with Crippen molar-refractivity contribution in [3.8, 4) is 0 Å². The molecule has 0 aliphatic rings. The highest BCUT2D eigenvalue weighted by atomic mass is 16.5. The standard InChI is InChI=1S/C22H40O4/c1-7-9-11-13-15-25-21(23)19(17(3)4)20(18(5)6)22(24)26-16-14-12-10-8-2/h17-18H,7-16H2,1-6H3/b20-19-. The molecule has 0 fully saturated rings. The van der Waals surface area contributed by atoms with Crippen molar-refractivity contribution >= 4 is 11.9 Å². The molecule has 0 aliphatic heterocycles. The lowest BCUT2D eigenvalue weighted by atomic mass is 9.90. The van der Waals surface area contributed by atoms with Crippen molar-refractivity contribution < 1.29 is 19.1 Å². The molecule has 0 unspecified atom stereocenters. The molecule has 0 aromatic heterocycles. The topological polar surface area (TPSA) is 52.6 Å². The van der Waals surface area contributed by atoms with Crippen molar-refractivity contribution in [2.45, 2.75) is 92.9 Å². The molecule has 152 valence electrons. The number of ether oxygens (including phenoxy) is 2. The molecular formula is C22H40O4. The van der Waals surface area contributed by atoms with Gasteiger partial charge in [-0.25, -0.2) is 9.59 Å². The van der Waals surface area contributed by atoms with E-state index < -0.39 is 0 Å². The predicted molar refractivity (Wildman–Crippen MR) is 107 cm³/mol. The van der Waals surface area contributed by atoms with Crippen LogP contribution in [0.25, 0.3) is 0 Å². The summed E-state index contributed by atoms with van der Waals surface area (Å²) in [6.07, 6.45) is 8.42. The Kier molecular flexibility index (Phi) is 14.1. The molecule has 0 aromatic carbocycles. The van der Waals surface area contributed by atoms with E-state index in [1.807, 2.05) is 27.7 Å². The van der Waals surface area contributed by atoms with Gasteiger partial charge in [0.15, 0.2) is 0 Å². The molecule has 0 radical (unpaired) electrons. The van der Waals surface area contributed by atoms with Gasteiger partial charge in [-0.3, -0.25) is 0 Å². The third kappa shape index (κ3) is 9.98. The van der Waals surface area contributed by atoms with Gasteiger partial charge in [0.2, 0.25) is 0 Å². The van der Waals surface area contributed by atoms with Crippen LogP contribution in [0.15, 0.2) is 11.1 Å². The number of rotatable bonds is 14. The molecular weight excluding hydrogens is 328 g/mol. The Morgan fingerprint density at radius 3 is 1.23 bits per heavy atom. The number of unbranched alkanes of at least 4 members (excludes halogenated alkanes) is 6. The van der Waals surface area contributed by atoms with Crippen LogP contribution < -0.4 is 0 Å². The summed E-state index contributed by atoms with van der Waals surface area (Å²) >= 11 is 0. The van der Waals surface area contributed by atoms with Crippen LogP contribution in [0.1, 0.15) is 92.9 Å². The van der Waals surface area contributed by atoms with E-state index in [-0.39, 0.29) is 23.8 Å². The molecule has 26 heavy (non-hydrogen) atoms. The van der Waals surface area contributed by atoms with Gasteiger partial charge in [-0.05, 0) is 24.7 Å². The maximum Gasteiger partial charge on any atom is 0.334 e. The Bertz CT molecular complexity index is 395. The third-order valence-electron chi connectivity index (χ3n) is 4.35. The van der Waals surface area contributed by atoms with Gasteiger partial charge >= 0.3 is 11.9 Å². The van der Waals surface area contributed by atoms with Crippen molar-refractivity contribution in [3.63, 3.8) is 0 Å². The number of hydrogen-bond acceptors (Lipinski definition) is 4. The Morgan fingerprint density at radius 2 is 0.962 bits per heavy atom. The van der Waals surface area contributed by atoms with Crippen molar-refractivity contribution in [1.29, 1.82) is 0 Å². The Morgan fingerprint density at radius 1 is 0.615 bits per heavy atom. The highest BCUT2D eigenvalue weighted by Crippen LogP contribution is 2.24.